The molecule has 3 N–H and O–H groups in total. The number of H-pyrrole nitrogens is 1. The molecule has 1 aliphatic rings. The largest absolute Gasteiger partial charge is 0.399 e. The van der Waals surface area contributed by atoms with Crippen LogP contribution in [0, 0.1) is 18.3 Å². The molecule has 1 aliphatic carbocycles. The van der Waals surface area contributed by atoms with Gasteiger partial charge in [-0.1, -0.05) is 5.92 Å². The van der Waals surface area contributed by atoms with Crippen LogP contribution in [-0.4, -0.2) is 28.9 Å². The van der Waals surface area contributed by atoms with E-state index in [0.717, 1.165) is 17.4 Å². The number of nitrogens with one attached hydrogen (secondary N) is 1. The summed E-state index contributed by atoms with van der Waals surface area (Å²) in [5.41, 5.74) is 8.01. The lowest BCUT2D eigenvalue weighted by molar-refractivity contribution is 0.0772. The number of carbonyl (C=O) groups excluding carboxylic acids is 1. The van der Waals surface area contributed by atoms with Crippen LogP contribution in [0.1, 0.15) is 23.2 Å². The summed E-state index contributed by atoms with van der Waals surface area (Å²) in [5, 5.41) is 0.854. The van der Waals surface area contributed by atoms with Crippen LogP contribution in [0.3, 0.4) is 0 Å². The van der Waals surface area contributed by atoms with Crippen molar-refractivity contribution in [3.05, 3.63) is 30.0 Å². The van der Waals surface area contributed by atoms with Gasteiger partial charge in [0.25, 0.3) is 5.91 Å². The third-order valence-electron chi connectivity index (χ3n) is 3.68. The van der Waals surface area contributed by atoms with Crippen LogP contribution >= 0.6 is 0 Å². The van der Waals surface area contributed by atoms with E-state index >= 15 is 0 Å². The Kier molecular flexibility index (Phi) is 3.11. The smallest absolute Gasteiger partial charge is 0.256 e. The molecule has 0 aliphatic heterocycles. The summed E-state index contributed by atoms with van der Waals surface area (Å²) in [4.78, 5) is 17.5. The maximum absolute atomic E-state index is 12.7. The van der Waals surface area contributed by atoms with E-state index in [9.17, 15) is 4.79 Å². The Balaban J connectivity index is 1.93. The highest BCUT2D eigenvalue weighted by Crippen LogP contribution is 2.30. The molecule has 1 aromatic carbocycles. The number of nitrogens with two attached hydrogens (primary N) is 1. The van der Waals surface area contributed by atoms with Gasteiger partial charge in [0, 0.05) is 29.3 Å². The van der Waals surface area contributed by atoms with E-state index in [2.05, 4.69) is 10.9 Å². The molecule has 1 aromatic heterocycles. The maximum atomic E-state index is 12.7. The molecule has 1 fully saturated rings. The molecule has 2 aromatic rings. The van der Waals surface area contributed by atoms with Crippen molar-refractivity contribution in [2.24, 2.45) is 5.92 Å². The highest BCUT2D eigenvalue weighted by atomic mass is 16.2. The van der Waals surface area contributed by atoms with Crippen molar-refractivity contribution in [3.63, 3.8) is 0 Å². The fourth-order valence-corrected chi connectivity index (χ4v) is 2.43. The van der Waals surface area contributed by atoms with Gasteiger partial charge in [0.15, 0.2) is 0 Å². The molecule has 4 nitrogen and oxygen atoms in total. The lowest BCUT2D eigenvalue weighted by Crippen LogP contribution is -2.33. The average molecular weight is 267 g/mol. The number of rotatable bonds is 4. The van der Waals surface area contributed by atoms with Crippen LogP contribution in [0.15, 0.2) is 24.4 Å². The second-order valence-electron chi connectivity index (χ2n) is 5.34. The number of terminal acetylenes is 1. The highest BCUT2D eigenvalue weighted by molar-refractivity contribution is 6.07. The van der Waals surface area contributed by atoms with E-state index < -0.39 is 0 Å². The fraction of sp³-hybridized carbons (Fsp3) is 0.312. The molecule has 0 bridgehead atoms. The minimum absolute atomic E-state index is 0.0216. The Bertz CT molecular complexity index is 691. The summed E-state index contributed by atoms with van der Waals surface area (Å²) in [6, 6.07) is 5.52. The van der Waals surface area contributed by atoms with Crippen LogP contribution in [0.25, 0.3) is 10.9 Å². The van der Waals surface area contributed by atoms with Gasteiger partial charge in [0.2, 0.25) is 0 Å². The van der Waals surface area contributed by atoms with E-state index in [0.29, 0.717) is 23.7 Å². The minimum atomic E-state index is -0.0216. The molecule has 20 heavy (non-hydrogen) atoms. The van der Waals surface area contributed by atoms with Gasteiger partial charge in [0.05, 0.1) is 12.1 Å². The lowest BCUT2D eigenvalue weighted by Gasteiger charge is -2.19. The minimum Gasteiger partial charge on any atom is -0.399 e. The lowest BCUT2D eigenvalue weighted by atomic mass is 10.1. The van der Waals surface area contributed by atoms with Crippen LogP contribution in [-0.2, 0) is 0 Å². The first kappa shape index (κ1) is 12.6. The molecular formula is C16H17N3O. The first-order valence-electron chi connectivity index (χ1n) is 6.78. The summed E-state index contributed by atoms with van der Waals surface area (Å²) in [6.45, 7) is 1.10. The SMILES string of the molecule is C#CCN(CC1CC1)C(=O)c1c[nH]c2ccc(N)cc12. The summed E-state index contributed by atoms with van der Waals surface area (Å²) >= 11 is 0. The summed E-state index contributed by atoms with van der Waals surface area (Å²) in [6.07, 6.45) is 9.50. The van der Waals surface area contributed by atoms with Crippen molar-refractivity contribution in [3.8, 4) is 12.3 Å². The second kappa shape index (κ2) is 4.93. The van der Waals surface area contributed by atoms with E-state index in [-0.39, 0.29) is 5.91 Å². The topological polar surface area (TPSA) is 62.1 Å². The number of aromatic amines is 1. The zero-order valence-corrected chi connectivity index (χ0v) is 11.2. The predicted molar refractivity (Wildman–Crippen MR) is 80.2 cm³/mol. The molecule has 102 valence electrons. The summed E-state index contributed by atoms with van der Waals surface area (Å²) in [7, 11) is 0. The van der Waals surface area contributed by atoms with E-state index in [1.165, 1.54) is 12.8 Å². The van der Waals surface area contributed by atoms with E-state index in [1.807, 2.05) is 18.2 Å². The van der Waals surface area contributed by atoms with Gasteiger partial charge in [-0.25, -0.2) is 0 Å². The van der Waals surface area contributed by atoms with Gasteiger partial charge in [-0.05, 0) is 37.0 Å². The van der Waals surface area contributed by atoms with E-state index in [4.69, 9.17) is 12.2 Å². The number of aromatic nitrogens is 1. The first-order chi connectivity index (χ1) is 9.69. The Morgan fingerprint density at radius 3 is 3.00 bits per heavy atom. The van der Waals surface area contributed by atoms with Crippen molar-refractivity contribution < 1.29 is 4.79 Å². The zero-order valence-electron chi connectivity index (χ0n) is 11.2. The predicted octanol–water partition coefficient (Wildman–Crippen LogP) is 2.24. The highest BCUT2D eigenvalue weighted by Gasteiger charge is 2.27. The van der Waals surface area contributed by atoms with Gasteiger partial charge in [0.1, 0.15) is 0 Å². The summed E-state index contributed by atoms with van der Waals surface area (Å²) in [5.74, 6) is 3.17. The Hall–Kier alpha value is -2.41. The molecule has 4 heteroatoms. The normalized spacial score (nSPS) is 14.2. The number of hydrogen-bond acceptors (Lipinski definition) is 2. The van der Waals surface area contributed by atoms with Crippen molar-refractivity contribution in [1.82, 2.24) is 9.88 Å². The van der Waals surface area contributed by atoms with Crippen LogP contribution in [0.5, 0.6) is 0 Å². The van der Waals surface area contributed by atoms with Crippen LogP contribution in [0.4, 0.5) is 5.69 Å². The number of amides is 1. The molecule has 1 heterocycles. The van der Waals surface area contributed by atoms with Crippen LogP contribution < -0.4 is 5.73 Å². The number of hydrogen-bond donors (Lipinski definition) is 2. The van der Waals surface area contributed by atoms with Gasteiger partial charge < -0.3 is 15.6 Å². The second-order valence-corrected chi connectivity index (χ2v) is 5.34. The summed E-state index contributed by atoms with van der Waals surface area (Å²) < 4.78 is 0. The van der Waals surface area contributed by atoms with Gasteiger partial charge in [-0.15, -0.1) is 6.42 Å². The third kappa shape index (κ3) is 2.35. The van der Waals surface area contributed by atoms with Crippen LogP contribution in [0.2, 0.25) is 0 Å². The number of nitrogens with zero attached hydrogens (tertiary/aromatic N) is 1. The van der Waals surface area contributed by atoms with Crippen molar-refractivity contribution >= 4 is 22.5 Å². The molecule has 0 atom stereocenters. The van der Waals surface area contributed by atoms with Gasteiger partial charge in [-0.2, -0.15) is 0 Å². The molecule has 0 radical (unpaired) electrons. The molecule has 0 spiro atoms. The number of nitrogen functional groups attached to an aromatic ring is 1. The van der Waals surface area contributed by atoms with Crippen molar-refractivity contribution in [2.45, 2.75) is 12.8 Å². The molecular weight excluding hydrogens is 250 g/mol. The number of benzene rings is 1. The Labute approximate surface area is 117 Å². The molecule has 0 unspecified atom stereocenters. The number of carbonyl (C=O) groups is 1. The third-order valence-corrected chi connectivity index (χ3v) is 3.68. The first-order valence-corrected chi connectivity index (χ1v) is 6.78. The van der Waals surface area contributed by atoms with Crippen molar-refractivity contribution in [2.75, 3.05) is 18.8 Å². The Morgan fingerprint density at radius 1 is 1.50 bits per heavy atom. The number of fused-ring (bicyclic) bond motifs is 1. The van der Waals surface area contributed by atoms with E-state index in [1.54, 1.807) is 11.1 Å². The molecule has 0 saturated heterocycles. The standard InChI is InChI=1S/C16H17N3O/c1-2-7-19(10-11-3-4-11)16(20)14-9-18-15-6-5-12(17)8-13(14)15/h1,5-6,8-9,11,18H,3-4,7,10,17H2. The fourth-order valence-electron chi connectivity index (χ4n) is 2.43. The molecule has 3 rings (SSSR count). The number of anilines is 1. The van der Waals surface area contributed by atoms with Gasteiger partial charge >= 0.3 is 0 Å². The average Bonchev–Trinajstić information content (AvgIpc) is 3.15. The Morgan fingerprint density at radius 2 is 2.30 bits per heavy atom. The van der Waals surface area contributed by atoms with Crippen molar-refractivity contribution in [1.29, 1.82) is 0 Å². The molecule has 1 saturated carbocycles. The molecule has 1 amide bonds. The monoisotopic (exact) mass is 267 g/mol. The van der Waals surface area contributed by atoms with Gasteiger partial charge in [-0.3, -0.25) is 4.79 Å². The zero-order chi connectivity index (χ0) is 14.1. The maximum Gasteiger partial charge on any atom is 0.256 e. The quantitative estimate of drug-likeness (QED) is 0.659.